The maximum Gasteiger partial charge on any atom is 0.254 e. The van der Waals surface area contributed by atoms with Crippen LogP contribution in [0.25, 0.3) is 0 Å². The van der Waals surface area contributed by atoms with Crippen molar-refractivity contribution in [2.75, 3.05) is 12.3 Å². The Morgan fingerprint density at radius 2 is 1.81 bits per heavy atom. The van der Waals surface area contributed by atoms with Crippen LogP contribution in [0.4, 0.5) is 13.2 Å². The van der Waals surface area contributed by atoms with Crippen molar-refractivity contribution in [3.05, 3.63) is 71.0 Å². The molecule has 0 aliphatic carbocycles. The summed E-state index contributed by atoms with van der Waals surface area (Å²) in [5, 5.41) is 5.25. The highest BCUT2D eigenvalue weighted by Gasteiger charge is 2.46. The number of carbonyl (C=O) groups is 3. The third kappa shape index (κ3) is 4.59. The number of halogens is 3. The lowest BCUT2D eigenvalue weighted by molar-refractivity contribution is -0.146. The number of carbonyl (C=O) groups excluding carboxylic acids is 3. The molecule has 2 saturated heterocycles. The normalized spacial score (nSPS) is 22.5. The molecule has 2 aromatic carbocycles. The van der Waals surface area contributed by atoms with Crippen LogP contribution >= 0.6 is 11.8 Å². The fourth-order valence-corrected chi connectivity index (χ4v) is 4.91. The Labute approximate surface area is 186 Å². The average Bonchev–Trinajstić information content (AvgIpc) is 3.19. The summed E-state index contributed by atoms with van der Waals surface area (Å²) >= 11 is 1.53. The van der Waals surface area contributed by atoms with Crippen LogP contribution in [0.5, 0.6) is 0 Å². The predicted octanol–water partition coefficient (Wildman–Crippen LogP) is 2.24. The lowest BCUT2D eigenvalue weighted by Crippen LogP contribution is -2.61. The van der Waals surface area contributed by atoms with Crippen molar-refractivity contribution in [1.82, 2.24) is 15.5 Å². The summed E-state index contributed by atoms with van der Waals surface area (Å²) in [5.41, 5.74) is 0.470. The second-order valence-electron chi connectivity index (χ2n) is 7.72. The Balaban J connectivity index is 1.36. The Bertz CT molecular complexity index is 1050. The first-order chi connectivity index (χ1) is 15.3. The van der Waals surface area contributed by atoms with Crippen molar-refractivity contribution in [3.63, 3.8) is 0 Å². The van der Waals surface area contributed by atoms with Crippen molar-refractivity contribution < 1.29 is 27.6 Å². The Kier molecular flexibility index (Phi) is 6.40. The van der Waals surface area contributed by atoms with E-state index in [1.54, 1.807) is 0 Å². The molecule has 32 heavy (non-hydrogen) atoms. The largest absolute Gasteiger partial charge is 0.347 e. The number of fused-ring (bicyclic) bond motifs is 1. The second-order valence-corrected chi connectivity index (χ2v) is 8.75. The van der Waals surface area contributed by atoms with E-state index in [1.807, 2.05) is 30.3 Å². The molecule has 0 aromatic heterocycles. The van der Waals surface area contributed by atoms with Crippen LogP contribution < -0.4 is 10.6 Å². The van der Waals surface area contributed by atoms with Gasteiger partial charge in [0, 0.05) is 30.2 Å². The van der Waals surface area contributed by atoms with Crippen LogP contribution in [0, 0.1) is 17.5 Å². The topological polar surface area (TPSA) is 78.5 Å². The molecule has 2 aliphatic rings. The fourth-order valence-electron chi connectivity index (χ4n) is 3.90. The van der Waals surface area contributed by atoms with Crippen LogP contribution in [0.15, 0.2) is 42.5 Å². The quantitative estimate of drug-likeness (QED) is 0.645. The third-order valence-electron chi connectivity index (χ3n) is 5.49. The summed E-state index contributed by atoms with van der Waals surface area (Å²) in [6.07, 6.45) is 0.151. The van der Waals surface area contributed by atoms with Crippen LogP contribution in [0.3, 0.4) is 0 Å². The molecule has 168 valence electrons. The number of nitrogens with zero attached hydrogens (tertiary/aromatic N) is 1. The number of benzene rings is 2. The molecule has 2 aliphatic heterocycles. The van der Waals surface area contributed by atoms with Gasteiger partial charge in [-0.1, -0.05) is 30.3 Å². The van der Waals surface area contributed by atoms with E-state index < -0.39 is 47.0 Å². The van der Waals surface area contributed by atoms with Gasteiger partial charge >= 0.3 is 0 Å². The zero-order valence-corrected chi connectivity index (χ0v) is 17.6. The van der Waals surface area contributed by atoms with Crippen molar-refractivity contribution >= 4 is 29.5 Å². The summed E-state index contributed by atoms with van der Waals surface area (Å²) in [4.78, 5) is 39.2. The van der Waals surface area contributed by atoms with E-state index in [4.69, 9.17) is 0 Å². The Morgan fingerprint density at radius 3 is 2.56 bits per heavy atom. The molecule has 0 spiro atoms. The zero-order valence-electron chi connectivity index (χ0n) is 16.8. The highest BCUT2D eigenvalue weighted by Crippen LogP contribution is 2.25. The van der Waals surface area contributed by atoms with Crippen molar-refractivity contribution in [3.8, 4) is 0 Å². The minimum atomic E-state index is -1.39. The van der Waals surface area contributed by atoms with E-state index in [0.29, 0.717) is 23.6 Å². The molecule has 10 heteroatoms. The molecule has 2 heterocycles. The fraction of sp³-hybridized carbons (Fsp3) is 0.318. The zero-order chi connectivity index (χ0) is 22.8. The highest BCUT2D eigenvalue weighted by molar-refractivity contribution is 7.98. The van der Waals surface area contributed by atoms with Gasteiger partial charge in [0.2, 0.25) is 11.8 Å². The summed E-state index contributed by atoms with van der Waals surface area (Å²) < 4.78 is 40.4. The Morgan fingerprint density at radius 1 is 1.09 bits per heavy atom. The molecular weight excluding hydrogens is 443 g/mol. The molecule has 0 unspecified atom stereocenters. The van der Waals surface area contributed by atoms with Crippen LogP contribution in [-0.4, -0.2) is 53.0 Å². The van der Waals surface area contributed by atoms with Gasteiger partial charge in [0.25, 0.3) is 5.91 Å². The van der Waals surface area contributed by atoms with E-state index in [9.17, 15) is 27.6 Å². The van der Waals surface area contributed by atoms with Crippen LogP contribution in [0.1, 0.15) is 22.3 Å². The standard InChI is InChI=1S/C22H20F3N3O3S/c23-15-8-17(25)16(24)7-14(15)20(29)26-13-6-19-21(30)27-18(22(31)28(19)9-13)11-32-10-12-4-2-1-3-5-12/h1-5,7-8,13,18-19H,6,9-11H2,(H,26,29)(H,27,30)/t13-,18-,19-/m0/s1. The third-order valence-corrected chi connectivity index (χ3v) is 6.59. The predicted molar refractivity (Wildman–Crippen MR) is 112 cm³/mol. The van der Waals surface area contributed by atoms with E-state index in [0.717, 1.165) is 5.56 Å². The van der Waals surface area contributed by atoms with Crippen molar-refractivity contribution in [1.29, 1.82) is 0 Å². The first kappa shape index (κ1) is 22.2. The average molecular weight is 463 g/mol. The minimum absolute atomic E-state index is 0.0772. The van der Waals surface area contributed by atoms with Gasteiger partial charge in [0.15, 0.2) is 11.6 Å². The number of hydrogen-bond acceptors (Lipinski definition) is 4. The SMILES string of the molecule is O=C(N[C@H]1C[C@H]2C(=O)N[C@@H](CSCc3ccccc3)C(=O)N2C1)c1cc(F)c(F)cc1F. The molecule has 0 radical (unpaired) electrons. The van der Waals surface area contributed by atoms with E-state index in [2.05, 4.69) is 10.6 Å². The number of rotatable bonds is 6. The second kappa shape index (κ2) is 9.23. The number of piperazine rings is 1. The minimum Gasteiger partial charge on any atom is -0.347 e. The van der Waals surface area contributed by atoms with Gasteiger partial charge in [-0.2, -0.15) is 11.8 Å². The van der Waals surface area contributed by atoms with Crippen LogP contribution in [0.2, 0.25) is 0 Å². The van der Waals surface area contributed by atoms with Gasteiger partial charge in [0.05, 0.1) is 5.56 Å². The molecule has 3 amide bonds. The van der Waals surface area contributed by atoms with Gasteiger partial charge in [-0.3, -0.25) is 14.4 Å². The number of thioether (sulfide) groups is 1. The molecule has 0 saturated carbocycles. The summed E-state index contributed by atoms with van der Waals surface area (Å²) in [6.45, 7) is 0.0772. The molecule has 2 N–H and O–H groups in total. The van der Waals surface area contributed by atoms with E-state index in [1.165, 1.54) is 16.7 Å². The monoisotopic (exact) mass is 463 g/mol. The summed E-state index contributed by atoms with van der Waals surface area (Å²) in [5.74, 6) is -4.32. The lowest BCUT2D eigenvalue weighted by Gasteiger charge is -2.34. The molecule has 0 bridgehead atoms. The van der Waals surface area contributed by atoms with Gasteiger partial charge in [0.1, 0.15) is 17.9 Å². The lowest BCUT2D eigenvalue weighted by atomic mass is 10.1. The first-order valence-electron chi connectivity index (χ1n) is 10.0. The summed E-state index contributed by atoms with van der Waals surface area (Å²) in [7, 11) is 0. The number of amides is 3. The smallest absolute Gasteiger partial charge is 0.254 e. The molecule has 3 atom stereocenters. The van der Waals surface area contributed by atoms with Crippen molar-refractivity contribution in [2.45, 2.75) is 30.3 Å². The first-order valence-corrected chi connectivity index (χ1v) is 11.2. The molecule has 4 rings (SSSR count). The maximum atomic E-state index is 13.9. The molecule has 6 nitrogen and oxygen atoms in total. The molecule has 2 aromatic rings. The van der Waals surface area contributed by atoms with Crippen molar-refractivity contribution in [2.24, 2.45) is 0 Å². The number of hydrogen-bond donors (Lipinski definition) is 2. The number of nitrogens with one attached hydrogen (secondary N) is 2. The van der Waals surface area contributed by atoms with Gasteiger partial charge in [-0.15, -0.1) is 0 Å². The van der Waals surface area contributed by atoms with Gasteiger partial charge in [-0.05, 0) is 18.1 Å². The van der Waals surface area contributed by atoms with Gasteiger partial charge < -0.3 is 15.5 Å². The van der Waals surface area contributed by atoms with E-state index in [-0.39, 0.29) is 24.8 Å². The molecule has 2 fully saturated rings. The van der Waals surface area contributed by atoms with Crippen LogP contribution in [-0.2, 0) is 15.3 Å². The summed E-state index contributed by atoms with van der Waals surface area (Å²) in [6, 6.07) is 8.49. The molecular formula is C22H20F3N3O3S. The highest BCUT2D eigenvalue weighted by atomic mass is 32.2. The Hall–Kier alpha value is -3.01. The van der Waals surface area contributed by atoms with E-state index >= 15 is 0 Å². The van der Waals surface area contributed by atoms with Gasteiger partial charge in [-0.25, -0.2) is 13.2 Å². The maximum absolute atomic E-state index is 13.9.